The fraction of sp³-hybridized carbons (Fsp3) is 0.381. The minimum atomic E-state index is -0.116. The fourth-order valence-electron chi connectivity index (χ4n) is 3.28. The number of amides is 1. The quantitative estimate of drug-likeness (QED) is 0.795. The summed E-state index contributed by atoms with van der Waals surface area (Å²) < 4.78 is 5.56. The highest BCUT2D eigenvalue weighted by Crippen LogP contribution is 2.34. The van der Waals surface area contributed by atoms with Gasteiger partial charge in [-0.1, -0.05) is 48.5 Å². The van der Waals surface area contributed by atoms with Crippen molar-refractivity contribution in [3.8, 4) is 0 Å². The summed E-state index contributed by atoms with van der Waals surface area (Å²) in [5.41, 5.74) is 1.27. The molecule has 25 heavy (non-hydrogen) atoms. The first kappa shape index (κ1) is 18.0. The highest BCUT2D eigenvalue weighted by atomic mass is 32.2. The van der Waals surface area contributed by atoms with E-state index in [2.05, 4.69) is 29.6 Å². The zero-order chi connectivity index (χ0) is 17.5. The van der Waals surface area contributed by atoms with Gasteiger partial charge in [-0.15, -0.1) is 11.8 Å². The van der Waals surface area contributed by atoms with Crippen LogP contribution in [0.1, 0.15) is 25.3 Å². The van der Waals surface area contributed by atoms with Crippen LogP contribution in [0.4, 0.5) is 0 Å². The van der Waals surface area contributed by atoms with Crippen LogP contribution in [-0.2, 0) is 14.9 Å². The average Bonchev–Trinajstić information content (AvgIpc) is 2.68. The molecular weight excluding hydrogens is 330 g/mol. The molecule has 1 aliphatic heterocycles. The van der Waals surface area contributed by atoms with E-state index in [1.165, 1.54) is 5.56 Å². The normalized spacial score (nSPS) is 17.6. The molecule has 0 spiro atoms. The van der Waals surface area contributed by atoms with Crippen molar-refractivity contribution in [3.05, 3.63) is 66.2 Å². The lowest BCUT2D eigenvalue weighted by Crippen LogP contribution is -2.46. The van der Waals surface area contributed by atoms with E-state index in [-0.39, 0.29) is 16.6 Å². The maximum absolute atomic E-state index is 12.6. The standard InChI is InChI=1S/C21H25NO2S/c1-17(25-19-10-6-3-7-11-19)20(23)22-16-21(12-14-24-15-13-21)18-8-4-2-5-9-18/h2-11,17H,12-16H2,1H3,(H,22,23)/t17-/m0/s1. The first-order valence-electron chi connectivity index (χ1n) is 8.82. The molecule has 0 unspecified atom stereocenters. The Morgan fingerprint density at radius 1 is 1.08 bits per heavy atom. The summed E-state index contributed by atoms with van der Waals surface area (Å²) in [4.78, 5) is 13.7. The molecule has 1 amide bonds. The first-order chi connectivity index (χ1) is 12.2. The van der Waals surface area contributed by atoms with Gasteiger partial charge in [0, 0.05) is 30.1 Å². The van der Waals surface area contributed by atoms with Gasteiger partial charge in [0.2, 0.25) is 5.91 Å². The van der Waals surface area contributed by atoms with Crippen molar-refractivity contribution < 1.29 is 9.53 Å². The third-order valence-electron chi connectivity index (χ3n) is 4.86. The predicted octanol–water partition coefficient (Wildman–Crippen LogP) is 4.03. The monoisotopic (exact) mass is 355 g/mol. The van der Waals surface area contributed by atoms with Crippen molar-refractivity contribution in [2.45, 2.75) is 35.3 Å². The zero-order valence-electron chi connectivity index (χ0n) is 14.6. The van der Waals surface area contributed by atoms with Crippen LogP contribution in [0.25, 0.3) is 0 Å². The highest BCUT2D eigenvalue weighted by molar-refractivity contribution is 8.00. The van der Waals surface area contributed by atoms with Gasteiger partial charge in [0.1, 0.15) is 0 Å². The van der Waals surface area contributed by atoms with Gasteiger partial charge in [-0.05, 0) is 37.5 Å². The average molecular weight is 356 g/mol. The SMILES string of the molecule is C[C@H](Sc1ccccc1)C(=O)NCC1(c2ccccc2)CCOCC1. The summed E-state index contributed by atoms with van der Waals surface area (Å²) in [5.74, 6) is 0.0932. The van der Waals surface area contributed by atoms with Crippen LogP contribution in [0, 0.1) is 0 Å². The fourth-order valence-corrected chi connectivity index (χ4v) is 4.19. The molecule has 0 aliphatic carbocycles. The maximum Gasteiger partial charge on any atom is 0.233 e. The smallest absolute Gasteiger partial charge is 0.233 e. The van der Waals surface area contributed by atoms with Gasteiger partial charge >= 0.3 is 0 Å². The maximum atomic E-state index is 12.6. The molecular formula is C21H25NO2S. The van der Waals surface area contributed by atoms with Crippen molar-refractivity contribution in [1.82, 2.24) is 5.32 Å². The predicted molar refractivity (Wildman–Crippen MR) is 103 cm³/mol. The number of carbonyl (C=O) groups excluding carboxylic acids is 1. The van der Waals surface area contributed by atoms with Crippen LogP contribution in [0.3, 0.4) is 0 Å². The molecule has 132 valence electrons. The van der Waals surface area contributed by atoms with E-state index in [4.69, 9.17) is 4.74 Å². The molecule has 2 aromatic rings. The second kappa shape index (κ2) is 8.54. The summed E-state index contributed by atoms with van der Waals surface area (Å²) in [6.07, 6.45) is 1.88. The van der Waals surface area contributed by atoms with E-state index >= 15 is 0 Å². The Labute approximate surface area is 154 Å². The van der Waals surface area contributed by atoms with Crippen LogP contribution in [-0.4, -0.2) is 30.9 Å². The number of thioether (sulfide) groups is 1. The van der Waals surface area contributed by atoms with Gasteiger partial charge in [0.05, 0.1) is 5.25 Å². The number of ether oxygens (including phenoxy) is 1. The third-order valence-corrected chi connectivity index (χ3v) is 5.97. The topological polar surface area (TPSA) is 38.3 Å². The minimum Gasteiger partial charge on any atom is -0.381 e. The summed E-state index contributed by atoms with van der Waals surface area (Å²) >= 11 is 1.60. The van der Waals surface area contributed by atoms with Crippen LogP contribution >= 0.6 is 11.8 Å². The lowest BCUT2D eigenvalue weighted by Gasteiger charge is -2.38. The molecule has 1 fully saturated rings. The van der Waals surface area contributed by atoms with Gasteiger partial charge in [0.15, 0.2) is 0 Å². The molecule has 1 aliphatic rings. The summed E-state index contributed by atoms with van der Waals surface area (Å²) in [6, 6.07) is 20.6. The van der Waals surface area contributed by atoms with E-state index in [1.54, 1.807) is 11.8 Å². The number of hydrogen-bond acceptors (Lipinski definition) is 3. The number of hydrogen-bond donors (Lipinski definition) is 1. The molecule has 1 N–H and O–H groups in total. The van der Waals surface area contributed by atoms with Gasteiger partial charge in [-0.3, -0.25) is 4.79 Å². The molecule has 1 saturated heterocycles. The minimum absolute atomic E-state index is 0.0215. The van der Waals surface area contributed by atoms with Crippen molar-refractivity contribution >= 4 is 17.7 Å². The largest absolute Gasteiger partial charge is 0.381 e. The van der Waals surface area contributed by atoms with Crippen molar-refractivity contribution in [2.24, 2.45) is 0 Å². The first-order valence-corrected chi connectivity index (χ1v) is 9.70. The van der Waals surface area contributed by atoms with E-state index in [0.717, 1.165) is 31.0 Å². The Morgan fingerprint density at radius 3 is 2.32 bits per heavy atom. The number of benzene rings is 2. The highest BCUT2D eigenvalue weighted by Gasteiger charge is 2.35. The molecule has 4 heteroatoms. The molecule has 0 bridgehead atoms. The van der Waals surface area contributed by atoms with Crippen molar-refractivity contribution in [3.63, 3.8) is 0 Å². The molecule has 3 rings (SSSR count). The van der Waals surface area contributed by atoms with E-state index < -0.39 is 0 Å². The summed E-state index contributed by atoms with van der Waals surface area (Å²) in [6.45, 7) is 4.13. The second-order valence-corrected chi connectivity index (χ2v) is 7.96. The van der Waals surface area contributed by atoms with E-state index in [0.29, 0.717) is 6.54 Å². The lowest BCUT2D eigenvalue weighted by molar-refractivity contribution is -0.120. The third kappa shape index (κ3) is 4.65. The molecule has 3 nitrogen and oxygen atoms in total. The number of rotatable bonds is 6. The van der Waals surface area contributed by atoms with Crippen LogP contribution < -0.4 is 5.32 Å². The van der Waals surface area contributed by atoms with Crippen LogP contribution in [0.15, 0.2) is 65.6 Å². The zero-order valence-corrected chi connectivity index (χ0v) is 15.4. The van der Waals surface area contributed by atoms with E-state index in [1.807, 2.05) is 43.3 Å². The Bertz CT molecular complexity index is 669. The lowest BCUT2D eigenvalue weighted by atomic mass is 9.74. The number of nitrogens with one attached hydrogen (secondary N) is 1. The molecule has 1 heterocycles. The van der Waals surface area contributed by atoms with Crippen molar-refractivity contribution in [2.75, 3.05) is 19.8 Å². The van der Waals surface area contributed by atoms with Gasteiger partial charge in [-0.2, -0.15) is 0 Å². The van der Waals surface area contributed by atoms with Gasteiger partial charge in [-0.25, -0.2) is 0 Å². The molecule has 2 aromatic carbocycles. The summed E-state index contributed by atoms with van der Waals surface area (Å²) in [7, 11) is 0. The van der Waals surface area contributed by atoms with Gasteiger partial charge in [0.25, 0.3) is 0 Å². The number of carbonyl (C=O) groups is 1. The Hall–Kier alpha value is -1.78. The molecule has 0 aromatic heterocycles. The molecule has 0 radical (unpaired) electrons. The Kier molecular flexibility index (Phi) is 6.16. The van der Waals surface area contributed by atoms with Gasteiger partial charge < -0.3 is 10.1 Å². The summed E-state index contributed by atoms with van der Waals surface area (Å²) in [5, 5.41) is 3.08. The van der Waals surface area contributed by atoms with Crippen molar-refractivity contribution in [1.29, 1.82) is 0 Å². The Balaban J connectivity index is 1.64. The van der Waals surface area contributed by atoms with E-state index in [9.17, 15) is 4.79 Å². The molecule has 0 saturated carbocycles. The second-order valence-electron chi connectivity index (χ2n) is 6.55. The Morgan fingerprint density at radius 2 is 1.68 bits per heavy atom. The van der Waals surface area contributed by atoms with Crippen LogP contribution in [0.5, 0.6) is 0 Å². The molecule has 1 atom stereocenters. The van der Waals surface area contributed by atoms with Crippen LogP contribution in [0.2, 0.25) is 0 Å².